The molecule has 134 valence electrons. The van der Waals surface area contributed by atoms with Gasteiger partial charge in [0.2, 0.25) is 0 Å². The number of rotatable bonds is 6. The van der Waals surface area contributed by atoms with Crippen LogP contribution in [-0.2, 0) is 6.42 Å². The van der Waals surface area contributed by atoms with Crippen molar-refractivity contribution >= 4 is 11.6 Å². The molecule has 3 atom stereocenters. The average Bonchev–Trinajstić information content (AvgIpc) is 2.46. The van der Waals surface area contributed by atoms with Crippen LogP contribution in [0.25, 0.3) is 0 Å². The van der Waals surface area contributed by atoms with Crippen LogP contribution in [0.1, 0.15) is 55.6 Å². The van der Waals surface area contributed by atoms with E-state index in [9.17, 15) is 19.4 Å². The lowest BCUT2D eigenvalue weighted by Crippen LogP contribution is -2.35. The molecule has 0 saturated heterocycles. The molecule has 1 aromatic heterocycles. The van der Waals surface area contributed by atoms with Gasteiger partial charge in [-0.15, -0.1) is 0 Å². The van der Waals surface area contributed by atoms with Crippen LogP contribution in [0.2, 0.25) is 0 Å². The zero-order valence-corrected chi connectivity index (χ0v) is 14.1. The molecule has 1 amide bonds. The first kappa shape index (κ1) is 18.6. The first-order valence-corrected chi connectivity index (χ1v) is 8.27. The number of primary amides is 1. The topological polar surface area (TPSA) is 108 Å². The summed E-state index contributed by atoms with van der Waals surface area (Å²) in [7, 11) is 0. The molecule has 0 radical (unpaired) electrons. The minimum Gasteiger partial charge on any atom is -0.393 e. The van der Waals surface area contributed by atoms with Crippen molar-refractivity contribution in [2.75, 3.05) is 5.32 Å². The maximum atomic E-state index is 14.2. The van der Waals surface area contributed by atoms with Crippen molar-refractivity contribution in [2.45, 2.75) is 69.9 Å². The van der Waals surface area contributed by atoms with Gasteiger partial charge in [-0.2, -0.15) is 0 Å². The Kier molecular flexibility index (Phi) is 5.77. The number of hydrogen-bond donors (Lipinski definition) is 4. The number of alkyl halides is 1. The second kappa shape index (κ2) is 7.44. The van der Waals surface area contributed by atoms with Crippen LogP contribution in [0.15, 0.2) is 12.3 Å². The summed E-state index contributed by atoms with van der Waals surface area (Å²) in [6.45, 7) is 2.74. The Hall–Kier alpha value is -1.73. The van der Waals surface area contributed by atoms with Crippen LogP contribution < -0.4 is 11.1 Å². The van der Waals surface area contributed by atoms with Gasteiger partial charge in [0.15, 0.2) is 0 Å². The zero-order chi connectivity index (χ0) is 17.9. The predicted octanol–water partition coefficient (Wildman–Crippen LogP) is 1.55. The molecular formula is C17H26FN3O3. The highest BCUT2D eigenvalue weighted by molar-refractivity contribution is 5.99. The van der Waals surface area contributed by atoms with Crippen molar-refractivity contribution in [1.29, 1.82) is 0 Å². The number of carbonyl (C=O) groups is 1. The number of hydrogen-bond acceptors (Lipinski definition) is 5. The monoisotopic (exact) mass is 339 g/mol. The quantitative estimate of drug-likeness (QED) is 0.629. The second-order valence-corrected chi connectivity index (χ2v) is 7.03. The number of aromatic nitrogens is 1. The Labute approximate surface area is 141 Å². The number of nitrogens with two attached hydrogens (primary N) is 1. The van der Waals surface area contributed by atoms with Gasteiger partial charge >= 0.3 is 0 Å². The van der Waals surface area contributed by atoms with Crippen LogP contribution in [0, 0.1) is 0 Å². The lowest BCUT2D eigenvalue weighted by atomic mass is 9.92. The predicted molar refractivity (Wildman–Crippen MR) is 89.5 cm³/mol. The summed E-state index contributed by atoms with van der Waals surface area (Å²) in [5, 5.41) is 22.8. The van der Waals surface area contributed by atoms with Crippen molar-refractivity contribution in [3.63, 3.8) is 0 Å². The van der Waals surface area contributed by atoms with E-state index in [0.717, 1.165) is 19.3 Å². The van der Waals surface area contributed by atoms with E-state index in [0.29, 0.717) is 12.1 Å². The SMILES string of the molecule is CC(C)(O)[C@H](F)Cc1nccc(NC2CCCC(O)C2)c1C(N)=O. The maximum absolute atomic E-state index is 14.2. The van der Waals surface area contributed by atoms with E-state index in [4.69, 9.17) is 5.73 Å². The van der Waals surface area contributed by atoms with Gasteiger partial charge in [0.25, 0.3) is 5.91 Å². The number of carbonyl (C=O) groups excluding carboxylic acids is 1. The highest BCUT2D eigenvalue weighted by Crippen LogP contribution is 2.27. The Morgan fingerprint density at radius 3 is 2.83 bits per heavy atom. The zero-order valence-electron chi connectivity index (χ0n) is 14.1. The third-order valence-electron chi connectivity index (χ3n) is 4.42. The third-order valence-corrected chi connectivity index (χ3v) is 4.42. The second-order valence-electron chi connectivity index (χ2n) is 7.03. The molecule has 0 aromatic carbocycles. The van der Waals surface area contributed by atoms with Gasteiger partial charge in [-0.3, -0.25) is 9.78 Å². The van der Waals surface area contributed by atoms with Crippen molar-refractivity contribution in [2.24, 2.45) is 5.73 Å². The van der Waals surface area contributed by atoms with Gasteiger partial charge < -0.3 is 21.3 Å². The number of halogens is 1. The summed E-state index contributed by atoms with van der Waals surface area (Å²) in [6, 6.07) is 1.65. The first-order chi connectivity index (χ1) is 11.2. The maximum Gasteiger partial charge on any atom is 0.252 e. The van der Waals surface area contributed by atoms with Crippen molar-refractivity contribution < 1.29 is 19.4 Å². The molecule has 1 fully saturated rings. The van der Waals surface area contributed by atoms with Crippen LogP contribution in [0.3, 0.4) is 0 Å². The molecule has 0 aliphatic heterocycles. The largest absolute Gasteiger partial charge is 0.393 e. The van der Waals surface area contributed by atoms with Crippen molar-refractivity contribution in [1.82, 2.24) is 4.98 Å². The molecule has 2 rings (SSSR count). The van der Waals surface area contributed by atoms with Crippen LogP contribution >= 0.6 is 0 Å². The van der Waals surface area contributed by atoms with E-state index in [2.05, 4.69) is 10.3 Å². The summed E-state index contributed by atoms with van der Waals surface area (Å²) >= 11 is 0. The first-order valence-electron chi connectivity index (χ1n) is 8.27. The van der Waals surface area contributed by atoms with E-state index < -0.39 is 17.7 Å². The number of nitrogens with one attached hydrogen (secondary N) is 1. The highest BCUT2D eigenvalue weighted by atomic mass is 19.1. The van der Waals surface area contributed by atoms with Crippen LogP contribution in [0.4, 0.5) is 10.1 Å². The van der Waals surface area contributed by atoms with Crippen molar-refractivity contribution in [3.8, 4) is 0 Å². The van der Waals surface area contributed by atoms with Gasteiger partial charge in [-0.05, 0) is 45.6 Å². The molecule has 2 unspecified atom stereocenters. The molecule has 24 heavy (non-hydrogen) atoms. The fourth-order valence-corrected chi connectivity index (χ4v) is 2.99. The van der Waals surface area contributed by atoms with E-state index in [-0.39, 0.29) is 29.8 Å². The Morgan fingerprint density at radius 1 is 1.54 bits per heavy atom. The van der Waals surface area contributed by atoms with E-state index in [1.54, 1.807) is 6.07 Å². The summed E-state index contributed by atoms with van der Waals surface area (Å²) in [4.78, 5) is 16.0. The fraction of sp³-hybridized carbons (Fsp3) is 0.647. The van der Waals surface area contributed by atoms with Crippen LogP contribution in [-0.4, -0.2) is 45.0 Å². The van der Waals surface area contributed by atoms with Gasteiger partial charge in [-0.25, -0.2) is 4.39 Å². The molecule has 5 N–H and O–H groups in total. The molecule has 7 heteroatoms. The van der Waals surface area contributed by atoms with Crippen LogP contribution in [0.5, 0.6) is 0 Å². The minimum absolute atomic E-state index is 0.0255. The number of aliphatic hydroxyl groups excluding tert-OH is 1. The molecule has 6 nitrogen and oxygen atoms in total. The van der Waals surface area contributed by atoms with Gasteiger partial charge in [-0.1, -0.05) is 0 Å². The van der Waals surface area contributed by atoms with E-state index in [1.807, 2.05) is 0 Å². The van der Waals surface area contributed by atoms with Crippen molar-refractivity contribution in [3.05, 3.63) is 23.5 Å². The minimum atomic E-state index is -1.57. The molecular weight excluding hydrogens is 313 g/mol. The average molecular weight is 339 g/mol. The third kappa shape index (κ3) is 4.64. The molecule has 0 bridgehead atoms. The Bertz CT molecular complexity index is 589. The molecule has 1 heterocycles. The smallest absolute Gasteiger partial charge is 0.252 e. The van der Waals surface area contributed by atoms with E-state index >= 15 is 0 Å². The molecule has 1 aliphatic rings. The number of amides is 1. The molecule has 1 aromatic rings. The molecule has 1 aliphatic carbocycles. The Morgan fingerprint density at radius 2 is 2.25 bits per heavy atom. The normalized spacial score (nSPS) is 22.9. The number of aliphatic hydroxyl groups is 2. The number of anilines is 1. The fourth-order valence-electron chi connectivity index (χ4n) is 2.99. The summed E-state index contributed by atoms with van der Waals surface area (Å²) in [6.07, 6.45) is 2.49. The van der Waals surface area contributed by atoms with Gasteiger partial charge in [0, 0.05) is 18.7 Å². The Balaban J connectivity index is 2.25. The van der Waals surface area contributed by atoms with Gasteiger partial charge in [0.1, 0.15) is 6.17 Å². The standard InChI is InChI=1S/C17H26FN3O3/c1-17(2,24)14(18)9-13-15(16(19)23)12(6-7-20-13)21-10-4-3-5-11(22)8-10/h6-7,10-11,14,22,24H,3-5,8-9H2,1-2H3,(H2,19,23)(H,20,21)/t10?,11?,14-/m1/s1. The molecule has 1 saturated carbocycles. The lowest BCUT2D eigenvalue weighted by molar-refractivity contribution is -0.00307. The summed E-state index contributed by atoms with van der Waals surface area (Å²) in [5.41, 5.74) is 4.80. The number of nitrogens with zero attached hydrogens (tertiary/aromatic N) is 1. The highest BCUT2D eigenvalue weighted by Gasteiger charge is 2.30. The number of pyridine rings is 1. The molecule has 0 spiro atoms. The summed E-state index contributed by atoms with van der Waals surface area (Å²) < 4.78 is 14.2. The lowest BCUT2D eigenvalue weighted by Gasteiger charge is -2.28. The van der Waals surface area contributed by atoms with Gasteiger partial charge in [0.05, 0.1) is 28.6 Å². The van der Waals surface area contributed by atoms with E-state index in [1.165, 1.54) is 20.0 Å². The summed E-state index contributed by atoms with van der Waals surface area (Å²) in [5.74, 6) is -0.695.